The van der Waals surface area contributed by atoms with E-state index >= 15 is 0 Å². The van der Waals surface area contributed by atoms with Crippen molar-refractivity contribution in [2.75, 3.05) is 27.4 Å². The largest absolute Gasteiger partial charge is 0.469 e. The normalized spacial score (nSPS) is 12.6. The van der Waals surface area contributed by atoms with E-state index in [4.69, 9.17) is 4.74 Å². The average molecular weight is 175 g/mol. The molecule has 1 N–H and O–H groups in total. The fourth-order valence-electron chi connectivity index (χ4n) is 0.813. The third kappa shape index (κ3) is 6.12. The topological polar surface area (TPSA) is 47.6 Å². The molecule has 0 heterocycles. The molecule has 12 heavy (non-hydrogen) atoms. The van der Waals surface area contributed by atoms with Crippen LogP contribution in [0, 0.1) is 0 Å². The molecule has 4 nitrogen and oxygen atoms in total. The molecule has 0 aromatic carbocycles. The first-order valence-corrected chi connectivity index (χ1v) is 3.99. The Labute approximate surface area is 73.2 Å². The summed E-state index contributed by atoms with van der Waals surface area (Å²) in [6, 6.07) is 0.146. The van der Waals surface area contributed by atoms with Gasteiger partial charge in [0, 0.05) is 19.7 Å². The molecule has 0 aliphatic rings. The van der Waals surface area contributed by atoms with Gasteiger partial charge in [-0.2, -0.15) is 0 Å². The van der Waals surface area contributed by atoms with Crippen LogP contribution in [0.4, 0.5) is 0 Å². The van der Waals surface area contributed by atoms with Crippen molar-refractivity contribution in [3.05, 3.63) is 0 Å². The van der Waals surface area contributed by atoms with Crippen LogP contribution in [0.2, 0.25) is 0 Å². The van der Waals surface area contributed by atoms with E-state index in [9.17, 15) is 4.79 Å². The lowest BCUT2D eigenvalue weighted by Gasteiger charge is -2.11. The molecule has 0 amide bonds. The average Bonchev–Trinajstić information content (AvgIpc) is 2.05. The van der Waals surface area contributed by atoms with Crippen molar-refractivity contribution in [2.45, 2.75) is 19.4 Å². The van der Waals surface area contributed by atoms with Crippen molar-refractivity contribution in [1.29, 1.82) is 0 Å². The Bertz CT molecular complexity index is 127. The second-order valence-electron chi connectivity index (χ2n) is 2.63. The molecule has 72 valence electrons. The number of hydrogen-bond acceptors (Lipinski definition) is 4. The van der Waals surface area contributed by atoms with Crippen LogP contribution >= 0.6 is 0 Å². The maximum Gasteiger partial charge on any atom is 0.307 e. The molecule has 0 aliphatic carbocycles. The van der Waals surface area contributed by atoms with E-state index in [2.05, 4.69) is 10.1 Å². The third-order valence-corrected chi connectivity index (χ3v) is 1.50. The van der Waals surface area contributed by atoms with E-state index in [1.807, 2.05) is 6.92 Å². The van der Waals surface area contributed by atoms with Crippen LogP contribution < -0.4 is 5.32 Å². The van der Waals surface area contributed by atoms with E-state index in [-0.39, 0.29) is 12.0 Å². The zero-order chi connectivity index (χ0) is 9.40. The second kappa shape index (κ2) is 7.06. The first-order valence-electron chi connectivity index (χ1n) is 3.99. The van der Waals surface area contributed by atoms with Gasteiger partial charge in [-0.1, -0.05) is 0 Å². The summed E-state index contributed by atoms with van der Waals surface area (Å²) in [6.07, 6.45) is 0.403. The zero-order valence-electron chi connectivity index (χ0n) is 7.92. The quantitative estimate of drug-likeness (QED) is 0.462. The number of esters is 1. The summed E-state index contributed by atoms with van der Waals surface area (Å²) < 4.78 is 9.36. The maximum absolute atomic E-state index is 10.8. The lowest BCUT2D eigenvalue weighted by molar-refractivity contribution is -0.141. The predicted octanol–water partition coefficient (Wildman–Crippen LogP) is 0.174. The van der Waals surface area contributed by atoms with Gasteiger partial charge >= 0.3 is 5.97 Å². The molecule has 0 saturated carbocycles. The van der Waals surface area contributed by atoms with Gasteiger partial charge in [0.25, 0.3) is 0 Å². The van der Waals surface area contributed by atoms with Crippen LogP contribution in [-0.4, -0.2) is 39.4 Å². The Kier molecular flexibility index (Phi) is 6.70. The minimum Gasteiger partial charge on any atom is -0.469 e. The van der Waals surface area contributed by atoms with E-state index in [1.54, 1.807) is 7.11 Å². The minimum atomic E-state index is -0.188. The first kappa shape index (κ1) is 11.4. The number of hydrogen-bond donors (Lipinski definition) is 1. The summed E-state index contributed by atoms with van der Waals surface area (Å²) in [4.78, 5) is 10.8. The highest BCUT2D eigenvalue weighted by Gasteiger charge is 2.07. The number of nitrogens with one attached hydrogen (secondary N) is 1. The monoisotopic (exact) mass is 175 g/mol. The van der Waals surface area contributed by atoms with Crippen molar-refractivity contribution >= 4 is 5.97 Å². The summed E-state index contributed by atoms with van der Waals surface area (Å²) in [5, 5.41) is 3.12. The van der Waals surface area contributed by atoms with Crippen molar-refractivity contribution in [1.82, 2.24) is 5.32 Å². The number of carbonyl (C=O) groups is 1. The van der Waals surface area contributed by atoms with Crippen LogP contribution in [-0.2, 0) is 14.3 Å². The summed E-state index contributed by atoms with van der Waals surface area (Å²) in [5.74, 6) is -0.188. The van der Waals surface area contributed by atoms with Crippen LogP contribution in [0.5, 0.6) is 0 Å². The number of rotatable bonds is 6. The summed E-state index contributed by atoms with van der Waals surface area (Å²) in [6.45, 7) is 3.35. The van der Waals surface area contributed by atoms with Crippen molar-refractivity contribution in [2.24, 2.45) is 0 Å². The van der Waals surface area contributed by atoms with Crippen molar-refractivity contribution < 1.29 is 14.3 Å². The van der Waals surface area contributed by atoms with E-state index in [0.29, 0.717) is 13.0 Å². The van der Waals surface area contributed by atoms with E-state index in [0.717, 1.165) is 6.54 Å². The van der Waals surface area contributed by atoms with Gasteiger partial charge in [-0.05, 0) is 6.92 Å². The van der Waals surface area contributed by atoms with Crippen LogP contribution in [0.25, 0.3) is 0 Å². The first-order chi connectivity index (χ1) is 5.70. The van der Waals surface area contributed by atoms with Gasteiger partial charge in [-0.3, -0.25) is 4.79 Å². The molecule has 4 heteroatoms. The smallest absolute Gasteiger partial charge is 0.307 e. The lowest BCUT2D eigenvalue weighted by Crippen LogP contribution is -2.31. The number of carbonyl (C=O) groups excluding carboxylic acids is 1. The summed E-state index contributed by atoms with van der Waals surface area (Å²) in [5.41, 5.74) is 0. The highest BCUT2D eigenvalue weighted by atomic mass is 16.5. The molecule has 0 fully saturated rings. The van der Waals surface area contributed by atoms with Gasteiger partial charge in [-0.25, -0.2) is 0 Å². The summed E-state index contributed by atoms with van der Waals surface area (Å²) in [7, 11) is 3.04. The fraction of sp³-hybridized carbons (Fsp3) is 0.875. The molecule has 0 saturated heterocycles. The molecule has 0 bridgehead atoms. The van der Waals surface area contributed by atoms with Gasteiger partial charge in [0.15, 0.2) is 0 Å². The van der Waals surface area contributed by atoms with Crippen LogP contribution in [0.3, 0.4) is 0 Å². The Morgan fingerprint density at radius 1 is 1.50 bits per heavy atom. The Hall–Kier alpha value is -0.610. The van der Waals surface area contributed by atoms with Gasteiger partial charge in [0.2, 0.25) is 0 Å². The fourth-order valence-corrected chi connectivity index (χ4v) is 0.813. The molecular formula is C8H17NO3. The molecule has 0 aromatic rings. The molecule has 0 radical (unpaired) electrons. The standard InChI is InChI=1S/C8H17NO3/c1-7(6-8(10)12-3)9-4-5-11-2/h7,9H,4-6H2,1-3H3/t7-/m0/s1. The highest BCUT2D eigenvalue weighted by molar-refractivity contribution is 5.69. The van der Waals surface area contributed by atoms with Crippen LogP contribution in [0.1, 0.15) is 13.3 Å². The number of ether oxygens (including phenoxy) is 2. The van der Waals surface area contributed by atoms with Gasteiger partial charge < -0.3 is 14.8 Å². The van der Waals surface area contributed by atoms with Gasteiger partial charge in [0.05, 0.1) is 20.1 Å². The molecule has 0 rings (SSSR count). The maximum atomic E-state index is 10.8. The van der Waals surface area contributed by atoms with Crippen LogP contribution in [0.15, 0.2) is 0 Å². The molecule has 0 unspecified atom stereocenters. The van der Waals surface area contributed by atoms with Gasteiger partial charge in [0.1, 0.15) is 0 Å². The van der Waals surface area contributed by atoms with Gasteiger partial charge in [-0.15, -0.1) is 0 Å². The molecular weight excluding hydrogens is 158 g/mol. The SMILES string of the molecule is COCCN[C@@H](C)CC(=O)OC. The Morgan fingerprint density at radius 3 is 2.67 bits per heavy atom. The third-order valence-electron chi connectivity index (χ3n) is 1.50. The molecule has 0 spiro atoms. The Balaban J connectivity index is 3.32. The number of methoxy groups -OCH3 is 2. The molecule has 0 aromatic heterocycles. The second-order valence-corrected chi connectivity index (χ2v) is 2.63. The zero-order valence-corrected chi connectivity index (χ0v) is 7.92. The molecule has 0 aliphatic heterocycles. The predicted molar refractivity (Wildman–Crippen MR) is 46.0 cm³/mol. The summed E-state index contributed by atoms with van der Waals surface area (Å²) >= 11 is 0. The van der Waals surface area contributed by atoms with Crippen molar-refractivity contribution in [3.8, 4) is 0 Å². The highest BCUT2D eigenvalue weighted by Crippen LogP contribution is 1.91. The van der Waals surface area contributed by atoms with Crippen molar-refractivity contribution in [3.63, 3.8) is 0 Å². The van der Waals surface area contributed by atoms with E-state index in [1.165, 1.54) is 7.11 Å². The Morgan fingerprint density at radius 2 is 2.17 bits per heavy atom. The van der Waals surface area contributed by atoms with E-state index < -0.39 is 0 Å². The minimum absolute atomic E-state index is 0.146. The molecule has 1 atom stereocenters. The lowest BCUT2D eigenvalue weighted by atomic mass is 10.2.